The highest BCUT2D eigenvalue weighted by molar-refractivity contribution is 6.53. The maximum absolute atomic E-state index is 13.0. The lowest BCUT2D eigenvalue weighted by atomic mass is 10.2. The second-order valence-electron chi connectivity index (χ2n) is 7.12. The van der Waals surface area contributed by atoms with E-state index in [1.807, 2.05) is 0 Å². The Morgan fingerprint density at radius 2 is 1.56 bits per heavy atom. The smallest absolute Gasteiger partial charge is 0.283 e. The summed E-state index contributed by atoms with van der Waals surface area (Å²) in [5, 5.41) is 6.15. The van der Waals surface area contributed by atoms with Crippen LogP contribution in [0.25, 0.3) is 0 Å². The standard InChI is InChI=1S/C24H16Cl3N3O4/c1-34-19-10-7-15(26)12-18(19)30-23(32)20(27)21(24(30)33)28-16-8-5-13(6-9-16)22(31)29-17-4-2-3-14(25)11-17/h2-12,28H,1H3,(H,29,31). The molecule has 0 aromatic heterocycles. The Labute approximate surface area is 209 Å². The van der Waals surface area contributed by atoms with Gasteiger partial charge in [-0.2, -0.15) is 0 Å². The molecule has 7 nitrogen and oxygen atoms in total. The van der Waals surface area contributed by atoms with Crippen LogP contribution < -0.4 is 20.3 Å². The first-order valence-corrected chi connectivity index (χ1v) is 11.0. The van der Waals surface area contributed by atoms with Gasteiger partial charge in [0.15, 0.2) is 0 Å². The Kier molecular flexibility index (Phi) is 6.79. The number of imide groups is 1. The SMILES string of the molecule is COc1ccc(Cl)cc1N1C(=O)C(Cl)=C(Nc2ccc(C(=O)Nc3cccc(Cl)c3)cc2)C1=O. The number of carbonyl (C=O) groups is 3. The first kappa shape index (κ1) is 23.6. The van der Waals surface area contributed by atoms with E-state index in [1.165, 1.54) is 13.2 Å². The van der Waals surface area contributed by atoms with E-state index in [0.717, 1.165) is 4.90 Å². The van der Waals surface area contributed by atoms with Crippen LogP contribution in [0.3, 0.4) is 0 Å². The number of rotatable bonds is 6. The van der Waals surface area contributed by atoms with Crippen molar-refractivity contribution in [3.8, 4) is 5.75 Å². The minimum Gasteiger partial charge on any atom is -0.495 e. The Morgan fingerprint density at radius 3 is 2.24 bits per heavy atom. The summed E-state index contributed by atoms with van der Waals surface area (Å²) in [6.45, 7) is 0. The number of hydrogen-bond acceptors (Lipinski definition) is 5. The molecule has 1 aliphatic rings. The van der Waals surface area contributed by atoms with Crippen LogP contribution >= 0.6 is 34.8 Å². The van der Waals surface area contributed by atoms with Gasteiger partial charge in [0.2, 0.25) is 0 Å². The number of benzene rings is 3. The number of anilines is 3. The number of hydrogen-bond donors (Lipinski definition) is 2. The molecule has 1 heterocycles. The fourth-order valence-electron chi connectivity index (χ4n) is 3.29. The number of halogens is 3. The highest BCUT2D eigenvalue weighted by atomic mass is 35.5. The van der Waals surface area contributed by atoms with Gasteiger partial charge >= 0.3 is 0 Å². The van der Waals surface area contributed by atoms with Crippen LogP contribution in [0.1, 0.15) is 10.4 Å². The van der Waals surface area contributed by atoms with Crippen LogP contribution in [0.5, 0.6) is 5.75 Å². The van der Waals surface area contributed by atoms with E-state index in [1.54, 1.807) is 60.7 Å². The monoisotopic (exact) mass is 515 g/mol. The summed E-state index contributed by atoms with van der Waals surface area (Å²) in [7, 11) is 1.41. The quantitative estimate of drug-likeness (QED) is 0.411. The predicted octanol–water partition coefficient (Wildman–Crippen LogP) is 5.69. The highest BCUT2D eigenvalue weighted by Gasteiger charge is 2.40. The van der Waals surface area contributed by atoms with Crippen LogP contribution in [-0.4, -0.2) is 24.8 Å². The Hall–Kier alpha value is -3.52. The second-order valence-corrected chi connectivity index (χ2v) is 8.37. The number of ether oxygens (including phenoxy) is 1. The van der Waals surface area contributed by atoms with Gasteiger partial charge in [-0.05, 0) is 60.7 Å². The number of amides is 3. The molecule has 0 spiro atoms. The van der Waals surface area contributed by atoms with E-state index < -0.39 is 11.8 Å². The van der Waals surface area contributed by atoms with Crippen molar-refractivity contribution in [1.29, 1.82) is 0 Å². The molecule has 3 amide bonds. The molecule has 0 saturated heterocycles. The summed E-state index contributed by atoms with van der Waals surface area (Å²) >= 11 is 18.2. The molecule has 4 rings (SSSR count). The average Bonchev–Trinajstić information content (AvgIpc) is 3.02. The topological polar surface area (TPSA) is 87.7 Å². The lowest BCUT2D eigenvalue weighted by Crippen LogP contribution is -2.32. The third-order valence-corrected chi connectivity index (χ3v) is 5.73. The molecule has 10 heteroatoms. The lowest BCUT2D eigenvalue weighted by molar-refractivity contribution is -0.120. The molecule has 0 saturated carbocycles. The van der Waals surface area contributed by atoms with Gasteiger partial charge in [-0.15, -0.1) is 0 Å². The molecule has 2 N–H and O–H groups in total. The van der Waals surface area contributed by atoms with Gasteiger partial charge in [0.25, 0.3) is 17.7 Å². The number of methoxy groups -OCH3 is 1. The fraction of sp³-hybridized carbons (Fsp3) is 0.0417. The van der Waals surface area contributed by atoms with E-state index >= 15 is 0 Å². The summed E-state index contributed by atoms with van der Waals surface area (Å²) in [6.07, 6.45) is 0. The third-order valence-electron chi connectivity index (χ3n) is 4.91. The van der Waals surface area contributed by atoms with E-state index in [4.69, 9.17) is 39.5 Å². The Balaban J connectivity index is 1.51. The van der Waals surface area contributed by atoms with Gasteiger partial charge in [0, 0.05) is 27.0 Å². The summed E-state index contributed by atoms with van der Waals surface area (Å²) in [5.74, 6) is -1.44. The van der Waals surface area contributed by atoms with Gasteiger partial charge in [0.1, 0.15) is 16.5 Å². The maximum atomic E-state index is 13.0. The van der Waals surface area contributed by atoms with E-state index in [0.29, 0.717) is 27.0 Å². The molecule has 34 heavy (non-hydrogen) atoms. The highest BCUT2D eigenvalue weighted by Crippen LogP contribution is 2.37. The third kappa shape index (κ3) is 4.72. The first-order chi connectivity index (χ1) is 16.3. The van der Waals surface area contributed by atoms with Crippen molar-refractivity contribution in [2.75, 3.05) is 22.6 Å². The van der Waals surface area contributed by atoms with Crippen LogP contribution in [0.4, 0.5) is 17.1 Å². The normalized spacial score (nSPS) is 13.4. The zero-order valence-electron chi connectivity index (χ0n) is 17.6. The lowest BCUT2D eigenvalue weighted by Gasteiger charge is -2.18. The Bertz CT molecular complexity index is 1340. The van der Waals surface area contributed by atoms with Gasteiger partial charge in [0.05, 0.1) is 12.8 Å². The molecule has 172 valence electrons. The van der Waals surface area contributed by atoms with Crippen LogP contribution in [0.15, 0.2) is 77.5 Å². The average molecular weight is 517 g/mol. The Morgan fingerprint density at radius 1 is 0.853 bits per heavy atom. The van der Waals surface area contributed by atoms with Crippen molar-refractivity contribution < 1.29 is 19.1 Å². The second kappa shape index (κ2) is 9.77. The molecule has 0 radical (unpaired) electrons. The minimum atomic E-state index is -0.716. The predicted molar refractivity (Wildman–Crippen MR) is 133 cm³/mol. The van der Waals surface area contributed by atoms with Gasteiger partial charge in [-0.1, -0.05) is 40.9 Å². The number of carbonyl (C=O) groups excluding carboxylic acids is 3. The van der Waals surface area contributed by atoms with Crippen molar-refractivity contribution in [3.05, 3.63) is 93.1 Å². The van der Waals surface area contributed by atoms with Crippen molar-refractivity contribution in [2.45, 2.75) is 0 Å². The van der Waals surface area contributed by atoms with Crippen LogP contribution in [0.2, 0.25) is 10.0 Å². The molecular formula is C24H16Cl3N3O4. The van der Waals surface area contributed by atoms with E-state index in [9.17, 15) is 14.4 Å². The molecule has 3 aromatic rings. The molecule has 0 fully saturated rings. The van der Waals surface area contributed by atoms with Crippen molar-refractivity contribution in [2.24, 2.45) is 0 Å². The largest absolute Gasteiger partial charge is 0.495 e. The molecule has 0 atom stereocenters. The maximum Gasteiger partial charge on any atom is 0.283 e. The summed E-state index contributed by atoms with van der Waals surface area (Å²) in [4.78, 5) is 39.2. The molecule has 1 aliphatic heterocycles. The van der Waals surface area contributed by atoms with Crippen molar-refractivity contribution in [3.63, 3.8) is 0 Å². The molecule has 0 unspecified atom stereocenters. The molecular weight excluding hydrogens is 501 g/mol. The zero-order chi connectivity index (χ0) is 24.4. The van der Waals surface area contributed by atoms with Crippen LogP contribution in [-0.2, 0) is 9.59 Å². The van der Waals surface area contributed by atoms with Crippen molar-refractivity contribution >= 4 is 69.6 Å². The molecule has 0 aliphatic carbocycles. The summed E-state index contributed by atoms with van der Waals surface area (Å²) in [5.41, 5.74) is 1.46. The van der Waals surface area contributed by atoms with Gasteiger partial charge in [-0.3, -0.25) is 14.4 Å². The van der Waals surface area contributed by atoms with E-state index in [-0.39, 0.29) is 28.1 Å². The summed E-state index contributed by atoms with van der Waals surface area (Å²) in [6, 6.07) is 17.7. The van der Waals surface area contributed by atoms with Crippen LogP contribution in [0, 0.1) is 0 Å². The molecule has 3 aromatic carbocycles. The number of nitrogens with zero attached hydrogens (tertiary/aromatic N) is 1. The number of nitrogens with one attached hydrogen (secondary N) is 2. The van der Waals surface area contributed by atoms with E-state index in [2.05, 4.69) is 10.6 Å². The first-order valence-electron chi connectivity index (χ1n) is 9.84. The fourth-order valence-corrected chi connectivity index (χ4v) is 3.86. The van der Waals surface area contributed by atoms with Crippen molar-refractivity contribution in [1.82, 2.24) is 0 Å². The zero-order valence-corrected chi connectivity index (χ0v) is 19.8. The van der Waals surface area contributed by atoms with Gasteiger partial charge in [-0.25, -0.2) is 4.90 Å². The minimum absolute atomic E-state index is 0.107. The molecule has 0 bridgehead atoms. The van der Waals surface area contributed by atoms with Gasteiger partial charge < -0.3 is 15.4 Å². The summed E-state index contributed by atoms with van der Waals surface area (Å²) < 4.78 is 5.25.